The molecule has 1 aromatic carbocycles. The number of carbonyl (C=O) groups excluding carboxylic acids is 1. The van der Waals surface area contributed by atoms with Gasteiger partial charge < -0.3 is 9.64 Å². The Morgan fingerprint density at radius 2 is 1.93 bits per heavy atom. The van der Waals surface area contributed by atoms with Gasteiger partial charge >= 0.3 is 0 Å². The highest BCUT2D eigenvalue weighted by Crippen LogP contribution is 2.36. The second kappa shape index (κ2) is 8.57. The Labute approximate surface area is 173 Å². The van der Waals surface area contributed by atoms with E-state index in [1.54, 1.807) is 10.9 Å². The number of nitrogens with zero attached hydrogens (tertiary/aromatic N) is 4. The van der Waals surface area contributed by atoms with Crippen LogP contribution in [0.1, 0.15) is 44.0 Å². The van der Waals surface area contributed by atoms with Gasteiger partial charge in [-0.1, -0.05) is 18.2 Å². The zero-order valence-electron chi connectivity index (χ0n) is 17.7. The third-order valence-electron chi connectivity index (χ3n) is 6.36. The number of aromatic nitrogens is 2. The molecule has 1 aromatic heterocycles. The molecule has 2 unspecified atom stereocenters. The van der Waals surface area contributed by atoms with Gasteiger partial charge in [0.05, 0.1) is 17.8 Å². The highest BCUT2D eigenvalue weighted by molar-refractivity contribution is 5.93. The van der Waals surface area contributed by atoms with E-state index in [1.807, 2.05) is 48.4 Å². The first-order valence-corrected chi connectivity index (χ1v) is 10.9. The second-order valence-electron chi connectivity index (χ2n) is 8.46. The summed E-state index contributed by atoms with van der Waals surface area (Å²) in [5.41, 5.74) is 0.697. The Hall–Kier alpha value is -2.34. The topological polar surface area (TPSA) is 50.6 Å². The fraction of sp³-hybridized carbons (Fsp3) is 0.565. The fourth-order valence-corrected chi connectivity index (χ4v) is 4.70. The van der Waals surface area contributed by atoms with Crippen LogP contribution in [0, 0.1) is 5.92 Å². The first-order valence-electron chi connectivity index (χ1n) is 10.9. The minimum atomic E-state index is 0.106. The largest absolute Gasteiger partial charge is 0.487 e. The van der Waals surface area contributed by atoms with Crippen molar-refractivity contribution in [1.29, 1.82) is 0 Å². The molecule has 0 N–H and O–H groups in total. The summed E-state index contributed by atoms with van der Waals surface area (Å²) in [7, 11) is 0. The average Bonchev–Trinajstić information content (AvgIpc) is 3.20. The minimum absolute atomic E-state index is 0.106. The van der Waals surface area contributed by atoms with Crippen molar-refractivity contribution in [2.24, 2.45) is 5.92 Å². The quantitative estimate of drug-likeness (QED) is 0.752. The maximum atomic E-state index is 12.8. The molecular weight excluding hydrogens is 364 g/mol. The Morgan fingerprint density at radius 3 is 2.55 bits per heavy atom. The molecule has 2 fully saturated rings. The van der Waals surface area contributed by atoms with Crippen LogP contribution >= 0.6 is 0 Å². The van der Waals surface area contributed by atoms with Crippen molar-refractivity contribution in [1.82, 2.24) is 19.6 Å². The monoisotopic (exact) mass is 396 g/mol. The van der Waals surface area contributed by atoms with Crippen LogP contribution in [-0.2, 0) is 6.54 Å². The molecular formula is C23H32N4O2. The highest BCUT2D eigenvalue weighted by Gasteiger charge is 2.47. The molecule has 2 saturated heterocycles. The maximum Gasteiger partial charge on any atom is 0.257 e. The molecule has 0 spiro atoms. The van der Waals surface area contributed by atoms with Gasteiger partial charge in [-0.2, -0.15) is 5.10 Å². The van der Waals surface area contributed by atoms with E-state index in [9.17, 15) is 4.79 Å². The van der Waals surface area contributed by atoms with E-state index in [1.165, 1.54) is 0 Å². The third kappa shape index (κ3) is 4.17. The van der Waals surface area contributed by atoms with Gasteiger partial charge in [0.2, 0.25) is 0 Å². The molecule has 0 bridgehead atoms. The lowest BCUT2D eigenvalue weighted by Gasteiger charge is -2.54. The molecule has 2 aliphatic rings. The lowest BCUT2D eigenvalue weighted by Crippen LogP contribution is -2.68. The van der Waals surface area contributed by atoms with Crippen molar-refractivity contribution >= 4 is 5.91 Å². The van der Waals surface area contributed by atoms with Crippen molar-refractivity contribution < 1.29 is 9.53 Å². The Kier molecular flexibility index (Phi) is 5.90. The second-order valence-corrected chi connectivity index (χ2v) is 8.46. The number of para-hydroxylation sites is 1. The number of likely N-dealkylation sites (tertiary alicyclic amines) is 2. The summed E-state index contributed by atoms with van der Waals surface area (Å²) < 4.78 is 8.13. The number of piperidine rings is 1. The minimum Gasteiger partial charge on any atom is -0.487 e. The predicted octanol–water partition coefficient (Wildman–Crippen LogP) is 3.30. The molecule has 6 heteroatoms. The van der Waals surface area contributed by atoms with E-state index in [0.717, 1.165) is 44.8 Å². The third-order valence-corrected chi connectivity index (χ3v) is 6.36. The first-order chi connectivity index (χ1) is 14.1. The highest BCUT2D eigenvalue weighted by atomic mass is 16.5. The molecule has 0 radical (unpaired) electrons. The first kappa shape index (κ1) is 20.0. The summed E-state index contributed by atoms with van der Waals surface area (Å²) in [6.07, 6.45) is 5.82. The normalized spacial score (nSPS) is 23.2. The number of hydrogen-bond acceptors (Lipinski definition) is 4. The zero-order chi connectivity index (χ0) is 20.4. The number of benzene rings is 1. The van der Waals surface area contributed by atoms with Gasteiger partial charge in [0.1, 0.15) is 11.9 Å². The van der Waals surface area contributed by atoms with E-state index in [2.05, 4.69) is 23.8 Å². The van der Waals surface area contributed by atoms with Gasteiger partial charge in [-0.15, -0.1) is 0 Å². The zero-order valence-corrected chi connectivity index (χ0v) is 17.7. The van der Waals surface area contributed by atoms with Crippen molar-refractivity contribution in [3.8, 4) is 5.75 Å². The van der Waals surface area contributed by atoms with Gasteiger partial charge in [0.15, 0.2) is 0 Å². The molecule has 2 atom stereocenters. The van der Waals surface area contributed by atoms with Crippen LogP contribution in [-0.4, -0.2) is 63.3 Å². The van der Waals surface area contributed by atoms with Crippen LogP contribution in [0.5, 0.6) is 5.75 Å². The number of aryl methyl sites for hydroxylation is 1. The van der Waals surface area contributed by atoms with Gasteiger partial charge in [0.25, 0.3) is 5.91 Å². The molecule has 0 aliphatic carbocycles. The number of amides is 1. The van der Waals surface area contributed by atoms with Crippen LogP contribution in [0.2, 0.25) is 0 Å². The van der Waals surface area contributed by atoms with Crippen LogP contribution in [0.15, 0.2) is 42.7 Å². The summed E-state index contributed by atoms with van der Waals surface area (Å²) in [6.45, 7) is 9.92. The van der Waals surface area contributed by atoms with E-state index in [0.29, 0.717) is 23.6 Å². The van der Waals surface area contributed by atoms with Crippen molar-refractivity contribution in [3.63, 3.8) is 0 Å². The van der Waals surface area contributed by atoms with Crippen molar-refractivity contribution in [2.75, 3.05) is 19.6 Å². The molecule has 4 rings (SSSR count). The molecule has 0 saturated carbocycles. The Morgan fingerprint density at radius 1 is 1.21 bits per heavy atom. The van der Waals surface area contributed by atoms with Crippen LogP contribution in [0.4, 0.5) is 0 Å². The molecule has 156 valence electrons. The van der Waals surface area contributed by atoms with Gasteiger partial charge in [-0.3, -0.25) is 14.4 Å². The van der Waals surface area contributed by atoms with Gasteiger partial charge in [0, 0.05) is 38.4 Å². The smallest absolute Gasteiger partial charge is 0.257 e. The van der Waals surface area contributed by atoms with Crippen LogP contribution in [0.25, 0.3) is 0 Å². The Balaban J connectivity index is 1.38. The SMILES string of the molecule is CCn1cc(C(=O)N2CCC(C3C(Oc4ccccc4)CN3C(C)C)CC2)cn1. The lowest BCUT2D eigenvalue weighted by molar-refractivity contribution is -0.0983. The molecule has 3 heterocycles. The van der Waals surface area contributed by atoms with Gasteiger partial charge in [-0.05, 0) is 51.7 Å². The van der Waals surface area contributed by atoms with Crippen molar-refractivity contribution in [3.05, 3.63) is 48.3 Å². The molecule has 2 aliphatic heterocycles. The van der Waals surface area contributed by atoms with E-state index < -0.39 is 0 Å². The molecule has 6 nitrogen and oxygen atoms in total. The summed E-state index contributed by atoms with van der Waals surface area (Å²) in [5, 5.41) is 4.24. The Bertz CT molecular complexity index is 811. The predicted molar refractivity (Wildman–Crippen MR) is 113 cm³/mol. The van der Waals surface area contributed by atoms with E-state index in [4.69, 9.17) is 4.74 Å². The molecule has 1 amide bonds. The fourth-order valence-electron chi connectivity index (χ4n) is 4.70. The summed E-state index contributed by atoms with van der Waals surface area (Å²) in [5.74, 6) is 1.61. The number of hydrogen-bond donors (Lipinski definition) is 0. The van der Waals surface area contributed by atoms with E-state index in [-0.39, 0.29) is 12.0 Å². The summed E-state index contributed by atoms with van der Waals surface area (Å²) >= 11 is 0. The number of rotatable bonds is 6. The van der Waals surface area contributed by atoms with E-state index >= 15 is 0 Å². The maximum absolute atomic E-state index is 12.8. The van der Waals surface area contributed by atoms with Gasteiger partial charge in [-0.25, -0.2) is 0 Å². The average molecular weight is 397 g/mol. The van der Waals surface area contributed by atoms with Crippen LogP contribution < -0.4 is 4.74 Å². The number of carbonyl (C=O) groups is 1. The van der Waals surface area contributed by atoms with Crippen LogP contribution in [0.3, 0.4) is 0 Å². The summed E-state index contributed by atoms with van der Waals surface area (Å²) in [6, 6.07) is 11.1. The molecule has 29 heavy (non-hydrogen) atoms. The van der Waals surface area contributed by atoms with Crippen molar-refractivity contribution in [2.45, 2.75) is 58.3 Å². The lowest BCUT2D eigenvalue weighted by atomic mass is 9.79. The number of ether oxygens (including phenoxy) is 1. The standard InChI is InChI=1S/C23H32N4O2/c1-4-26-15-19(14-24-26)23(28)25-12-10-18(11-13-25)22-21(16-27(22)17(2)3)29-20-8-6-5-7-9-20/h5-9,14-15,17-18,21-22H,4,10-13,16H2,1-3H3. The summed E-state index contributed by atoms with van der Waals surface area (Å²) in [4.78, 5) is 17.3. The molecule has 2 aromatic rings.